The third-order valence-electron chi connectivity index (χ3n) is 2.27. The SMILES string of the molecule is CCC(C)C(C)(C#N)OCCO. The zero-order valence-corrected chi connectivity index (χ0v) is 8.00. The summed E-state index contributed by atoms with van der Waals surface area (Å²) in [6, 6.07) is 2.13. The molecule has 0 aliphatic rings. The number of aliphatic hydroxyl groups excluding tert-OH is 1. The standard InChI is InChI=1S/C9H17NO2/c1-4-8(2)9(3,7-10)12-6-5-11/h8,11H,4-6H2,1-3H3. The Kier molecular flexibility index (Phi) is 4.87. The van der Waals surface area contributed by atoms with Crippen LogP contribution >= 0.6 is 0 Å². The van der Waals surface area contributed by atoms with Crippen molar-refractivity contribution in [2.24, 2.45) is 5.92 Å². The van der Waals surface area contributed by atoms with Gasteiger partial charge in [0.2, 0.25) is 0 Å². The van der Waals surface area contributed by atoms with Gasteiger partial charge in [-0.05, 0) is 19.3 Å². The smallest absolute Gasteiger partial charge is 0.154 e. The molecule has 0 amide bonds. The van der Waals surface area contributed by atoms with E-state index in [0.717, 1.165) is 6.42 Å². The lowest BCUT2D eigenvalue weighted by atomic mass is 9.90. The Balaban J connectivity index is 4.16. The van der Waals surface area contributed by atoms with Crippen LogP contribution in [0.5, 0.6) is 0 Å². The molecule has 0 aromatic heterocycles. The average Bonchev–Trinajstić information content (AvgIpc) is 2.12. The van der Waals surface area contributed by atoms with Gasteiger partial charge in [-0.15, -0.1) is 0 Å². The van der Waals surface area contributed by atoms with Gasteiger partial charge in [0.15, 0.2) is 5.60 Å². The van der Waals surface area contributed by atoms with E-state index in [9.17, 15) is 0 Å². The Hall–Kier alpha value is -0.590. The van der Waals surface area contributed by atoms with Crippen molar-refractivity contribution in [2.75, 3.05) is 13.2 Å². The zero-order valence-electron chi connectivity index (χ0n) is 8.00. The highest BCUT2D eigenvalue weighted by molar-refractivity contribution is 5.01. The minimum Gasteiger partial charge on any atom is -0.394 e. The van der Waals surface area contributed by atoms with Crippen LogP contribution in [0.1, 0.15) is 27.2 Å². The molecule has 1 N–H and O–H groups in total. The van der Waals surface area contributed by atoms with Gasteiger partial charge in [0.25, 0.3) is 0 Å². The van der Waals surface area contributed by atoms with Crippen LogP contribution in [-0.2, 0) is 4.74 Å². The number of nitriles is 1. The maximum atomic E-state index is 8.86. The van der Waals surface area contributed by atoms with Crippen LogP contribution in [0.15, 0.2) is 0 Å². The molecule has 0 bridgehead atoms. The summed E-state index contributed by atoms with van der Waals surface area (Å²) < 4.78 is 5.27. The second-order valence-electron chi connectivity index (χ2n) is 3.10. The molecule has 0 radical (unpaired) electrons. The monoisotopic (exact) mass is 171 g/mol. The fourth-order valence-corrected chi connectivity index (χ4v) is 0.932. The maximum Gasteiger partial charge on any atom is 0.154 e. The van der Waals surface area contributed by atoms with E-state index in [1.165, 1.54) is 0 Å². The molecule has 0 aliphatic carbocycles. The molecule has 3 nitrogen and oxygen atoms in total. The predicted octanol–water partition coefficient (Wildman–Crippen LogP) is 1.32. The zero-order chi connectivity index (χ0) is 9.61. The molecular weight excluding hydrogens is 154 g/mol. The highest BCUT2D eigenvalue weighted by atomic mass is 16.5. The van der Waals surface area contributed by atoms with Crippen molar-refractivity contribution in [1.29, 1.82) is 5.26 Å². The van der Waals surface area contributed by atoms with E-state index in [2.05, 4.69) is 6.07 Å². The summed E-state index contributed by atoms with van der Waals surface area (Å²) in [5.74, 6) is 0.189. The van der Waals surface area contributed by atoms with Crippen LogP contribution in [0, 0.1) is 17.2 Å². The first-order valence-corrected chi connectivity index (χ1v) is 4.26. The minimum atomic E-state index is -0.752. The van der Waals surface area contributed by atoms with Crippen molar-refractivity contribution in [3.05, 3.63) is 0 Å². The normalized spacial score (nSPS) is 17.9. The molecule has 2 atom stereocenters. The number of ether oxygens (including phenoxy) is 1. The summed E-state index contributed by atoms with van der Waals surface area (Å²) >= 11 is 0. The summed E-state index contributed by atoms with van der Waals surface area (Å²) in [7, 11) is 0. The van der Waals surface area contributed by atoms with Crippen molar-refractivity contribution in [2.45, 2.75) is 32.8 Å². The molecule has 0 spiro atoms. The average molecular weight is 171 g/mol. The second kappa shape index (κ2) is 5.13. The molecule has 0 rings (SSSR count). The molecular formula is C9H17NO2. The maximum absolute atomic E-state index is 8.86. The van der Waals surface area contributed by atoms with Crippen molar-refractivity contribution < 1.29 is 9.84 Å². The van der Waals surface area contributed by atoms with E-state index in [0.29, 0.717) is 0 Å². The first-order valence-electron chi connectivity index (χ1n) is 4.26. The summed E-state index contributed by atoms with van der Waals surface area (Å²) in [4.78, 5) is 0. The summed E-state index contributed by atoms with van der Waals surface area (Å²) in [6.45, 7) is 5.95. The lowest BCUT2D eigenvalue weighted by Crippen LogP contribution is -2.35. The third kappa shape index (κ3) is 2.80. The van der Waals surface area contributed by atoms with Crippen LogP contribution < -0.4 is 0 Å². The van der Waals surface area contributed by atoms with E-state index in [4.69, 9.17) is 15.1 Å². The van der Waals surface area contributed by atoms with Crippen molar-refractivity contribution in [1.82, 2.24) is 0 Å². The number of hydrogen-bond donors (Lipinski definition) is 1. The first-order chi connectivity index (χ1) is 5.60. The number of aliphatic hydroxyl groups is 1. The number of rotatable bonds is 5. The summed E-state index contributed by atoms with van der Waals surface area (Å²) in [6.07, 6.45) is 0.898. The van der Waals surface area contributed by atoms with Crippen LogP contribution in [0.4, 0.5) is 0 Å². The van der Waals surface area contributed by atoms with E-state index in [1.54, 1.807) is 6.92 Å². The molecule has 0 saturated heterocycles. The fourth-order valence-electron chi connectivity index (χ4n) is 0.932. The van der Waals surface area contributed by atoms with Crippen molar-refractivity contribution in [3.8, 4) is 6.07 Å². The lowest BCUT2D eigenvalue weighted by molar-refractivity contribution is -0.0409. The molecule has 0 saturated carbocycles. The van der Waals surface area contributed by atoms with Gasteiger partial charge >= 0.3 is 0 Å². The summed E-state index contributed by atoms with van der Waals surface area (Å²) in [5, 5.41) is 17.4. The Labute approximate surface area is 74.0 Å². The summed E-state index contributed by atoms with van der Waals surface area (Å²) in [5.41, 5.74) is -0.752. The van der Waals surface area contributed by atoms with Gasteiger partial charge in [-0.25, -0.2) is 0 Å². The van der Waals surface area contributed by atoms with Gasteiger partial charge in [0.1, 0.15) is 0 Å². The van der Waals surface area contributed by atoms with Crippen LogP contribution in [0.3, 0.4) is 0 Å². The third-order valence-corrected chi connectivity index (χ3v) is 2.27. The van der Waals surface area contributed by atoms with Gasteiger partial charge in [-0.2, -0.15) is 5.26 Å². The van der Waals surface area contributed by atoms with Crippen LogP contribution in [-0.4, -0.2) is 23.9 Å². The number of hydrogen-bond acceptors (Lipinski definition) is 3. The molecule has 0 aromatic rings. The highest BCUT2D eigenvalue weighted by Gasteiger charge is 2.30. The molecule has 2 unspecified atom stereocenters. The van der Waals surface area contributed by atoms with E-state index < -0.39 is 5.60 Å². The second-order valence-corrected chi connectivity index (χ2v) is 3.10. The minimum absolute atomic E-state index is 0.0340. The predicted molar refractivity (Wildman–Crippen MR) is 46.5 cm³/mol. The highest BCUT2D eigenvalue weighted by Crippen LogP contribution is 2.23. The molecule has 0 fully saturated rings. The molecule has 3 heteroatoms. The van der Waals surface area contributed by atoms with Gasteiger partial charge in [-0.1, -0.05) is 13.8 Å². The Morgan fingerprint density at radius 2 is 2.25 bits per heavy atom. The Morgan fingerprint density at radius 1 is 1.67 bits per heavy atom. The van der Waals surface area contributed by atoms with Gasteiger partial charge in [-0.3, -0.25) is 0 Å². The Bertz CT molecular complexity index is 164. The van der Waals surface area contributed by atoms with E-state index in [-0.39, 0.29) is 19.1 Å². The quantitative estimate of drug-likeness (QED) is 0.678. The van der Waals surface area contributed by atoms with Gasteiger partial charge in [0, 0.05) is 0 Å². The Morgan fingerprint density at radius 3 is 2.58 bits per heavy atom. The largest absolute Gasteiger partial charge is 0.394 e. The topological polar surface area (TPSA) is 53.2 Å². The van der Waals surface area contributed by atoms with Gasteiger partial charge < -0.3 is 9.84 Å². The molecule has 0 heterocycles. The number of nitrogens with zero attached hydrogens (tertiary/aromatic N) is 1. The first kappa shape index (κ1) is 11.4. The van der Waals surface area contributed by atoms with Crippen molar-refractivity contribution in [3.63, 3.8) is 0 Å². The van der Waals surface area contributed by atoms with Gasteiger partial charge in [0.05, 0.1) is 19.3 Å². The molecule has 0 aromatic carbocycles. The van der Waals surface area contributed by atoms with Crippen LogP contribution in [0.2, 0.25) is 0 Å². The van der Waals surface area contributed by atoms with E-state index in [1.807, 2.05) is 13.8 Å². The molecule has 70 valence electrons. The van der Waals surface area contributed by atoms with E-state index >= 15 is 0 Å². The fraction of sp³-hybridized carbons (Fsp3) is 0.889. The van der Waals surface area contributed by atoms with Crippen LogP contribution in [0.25, 0.3) is 0 Å². The molecule has 0 aliphatic heterocycles. The molecule has 12 heavy (non-hydrogen) atoms. The van der Waals surface area contributed by atoms with Crippen molar-refractivity contribution >= 4 is 0 Å². The lowest BCUT2D eigenvalue weighted by Gasteiger charge is -2.27.